The lowest BCUT2D eigenvalue weighted by Gasteiger charge is -2.12. The van der Waals surface area contributed by atoms with Crippen LogP contribution in [0.3, 0.4) is 0 Å². The smallest absolute Gasteiger partial charge is 0.179 e. The number of sulfone groups is 2. The Kier molecular flexibility index (Phi) is 4.84. The number of ether oxygens (including phenoxy) is 1. The molecule has 23 heavy (non-hydrogen) atoms. The largest absolute Gasteiger partial charge is 0.456 e. The van der Waals surface area contributed by atoms with Gasteiger partial charge in [0.15, 0.2) is 19.7 Å². The Morgan fingerprint density at radius 1 is 0.957 bits per heavy atom. The third-order valence-electron chi connectivity index (χ3n) is 2.86. The summed E-state index contributed by atoms with van der Waals surface area (Å²) in [6.07, 6.45) is 1.92. The van der Waals surface area contributed by atoms with E-state index in [1.54, 1.807) is 0 Å². The summed E-state index contributed by atoms with van der Waals surface area (Å²) in [4.78, 5) is -0.397. The minimum absolute atomic E-state index is 0.0431. The average molecular weight is 423 g/mol. The lowest BCUT2D eigenvalue weighted by atomic mass is 10.3. The van der Waals surface area contributed by atoms with Crippen LogP contribution in [0.2, 0.25) is 0 Å². The van der Waals surface area contributed by atoms with Crippen LogP contribution in [0.15, 0.2) is 50.7 Å². The predicted molar refractivity (Wildman–Crippen MR) is 86.8 cm³/mol. The van der Waals surface area contributed by atoms with Gasteiger partial charge in [-0.2, -0.15) is 0 Å². The summed E-state index contributed by atoms with van der Waals surface area (Å²) in [5, 5.41) is 0. The molecule has 9 heteroatoms. The molecule has 0 unspecified atom stereocenters. The Balaban J connectivity index is 2.56. The zero-order valence-electron chi connectivity index (χ0n) is 12.1. The minimum Gasteiger partial charge on any atom is -0.456 e. The van der Waals surface area contributed by atoms with Gasteiger partial charge in [-0.15, -0.1) is 0 Å². The van der Waals surface area contributed by atoms with Crippen molar-refractivity contribution in [3.63, 3.8) is 0 Å². The molecule has 0 spiro atoms. The van der Waals surface area contributed by atoms with E-state index >= 15 is 0 Å². The SMILES string of the molecule is CS(=O)(=O)c1ccc(Oc2ccc(F)c(Br)c2)c(S(C)(=O)=O)c1. The lowest BCUT2D eigenvalue weighted by Crippen LogP contribution is -2.04. The second-order valence-corrected chi connectivity index (χ2v) is 9.69. The van der Waals surface area contributed by atoms with E-state index in [2.05, 4.69) is 15.9 Å². The molecule has 2 rings (SSSR count). The first kappa shape index (κ1) is 17.9. The fourth-order valence-electron chi connectivity index (χ4n) is 1.76. The monoisotopic (exact) mass is 422 g/mol. The molecule has 0 atom stereocenters. The maximum Gasteiger partial charge on any atom is 0.179 e. The highest BCUT2D eigenvalue weighted by Gasteiger charge is 2.19. The van der Waals surface area contributed by atoms with Crippen molar-refractivity contribution in [1.82, 2.24) is 0 Å². The summed E-state index contributed by atoms with van der Waals surface area (Å²) < 4.78 is 65.8. The summed E-state index contributed by atoms with van der Waals surface area (Å²) in [7, 11) is -7.29. The Morgan fingerprint density at radius 3 is 2.13 bits per heavy atom. The Labute approximate surface area is 142 Å². The highest BCUT2D eigenvalue weighted by atomic mass is 79.9. The molecule has 5 nitrogen and oxygen atoms in total. The summed E-state index contributed by atoms with van der Waals surface area (Å²) in [5.74, 6) is -0.332. The van der Waals surface area contributed by atoms with E-state index in [4.69, 9.17) is 4.74 Å². The third-order valence-corrected chi connectivity index (χ3v) is 5.70. The van der Waals surface area contributed by atoms with Gasteiger partial charge in [0.2, 0.25) is 0 Å². The molecule has 0 bridgehead atoms. The molecule has 0 saturated heterocycles. The second-order valence-electron chi connectivity index (χ2n) is 4.83. The van der Waals surface area contributed by atoms with Gasteiger partial charge in [-0.05, 0) is 52.3 Å². The van der Waals surface area contributed by atoms with Crippen molar-refractivity contribution in [3.05, 3.63) is 46.7 Å². The van der Waals surface area contributed by atoms with Gasteiger partial charge >= 0.3 is 0 Å². The minimum atomic E-state index is -3.73. The average Bonchev–Trinajstić information content (AvgIpc) is 2.41. The van der Waals surface area contributed by atoms with Crippen LogP contribution in [0.4, 0.5) is 4.39 Å². The fraction of sp³-hybridized carbons (Fsp3) is 0.143. The van der Waals surface area contributed by atoms with Crippen LogP contribution in [0.1, 0.15) is 0 Å². The van der Waals surface area contributed by atoms with Crippen LogP contribution in [0.5, 0.6) is 11.5 Å². The molecule has 0 fully saturated rings. The molecule has 2 aromatic carbocycles. The predicted octanol–water partition coefficient (Wildman–Crippen LogP) is 3.19. The summed E-state index contributed by atoms with van der Waals surface area (Å²) >= 11 is 3.00. The molecule has 0 radical (unpaired) electrons. The summed E-state index contributed by atoms with van der Waals surface area (Å²) in [6.45, 7) is 0. The molecule has 0 aliphatic carbocycles. The Morgan fingerprint density at radius 2 is 1.61 bits per heavy atom. The standard InChI is InChI=1S/C14H12BrFO5S2/c1-22(17,18)10-4-6-13(14(8-10)23(2,19)20)21-9-3-5-12(16)11(15)7-9/h3-8H,1-2H3. The van der Waals surface area contributed by atoms with Crippen LogP contribution < -0.4 is 4.74 Å². The zero-order chi connectivity index (χ0) is 17.4. The van der Waals surface area contributed by atoms with Crippen molar-refractivity contribution in [2.24, 2.45) is 0 Å². The van der Waals surface area contributed by atoms with Gasteiger partial charge in [0.25, 0.3) is 0 Å². The van der Waals surface area contributed by atoms with Gasteiger partial charge in [-0.3, -0.25) is 0 Å². The first-order valence-electron chi connectivity index (χ1n) is 6.15. The Hall–Kier alpha value is -1.45. The number of rotatable bonds is 4. The normalized spacial score (nSPS) is 12.2. The number of halogens is 2. The molecule has 0 aromatic heterocycles. The third kappa shape index (κ3) is 4.30. The van der Waals surface area contributed by atoms with Gasteiger partial charge in [0.05, 0.1) is 9.37 Å². The van der Waals surface area contributed by atoms with E-state index in [1.807, 2.05) is 0 Å². The molecule has 2 aromatic rings. The molecular weight excluding hydrogens is 411 g/mol. The van der Waals surface area contributed by atoms with Crippen molar-refractivity contribution in [1.29, 1.82) is 0 Å². The van der Waals surface area contributed by atoms with E-state index in [0.717, 1.165) is 24.6 Å². The van der Waals surface area contributed by atoms with Gasteiger partial charge < -0.3 is 4.74 Å². The van der Waals surface area contributed by atoms with E-state index in [-0.39, 0.29) is 25.8 Å². The van der Waals surface area contributed by atoms with Gasteiger partial charge in [0, 0.05) is 12.5 Å². The molecule has 0 aliphatic rings. The van der Waals surface area contributed by atoms with Crippen molar-refractivity contribution in [2.75, 3.05) is 12.5 Å². The molecule has 0 N–H and O–H groups in total. The second kappa shape index (κ2) is 6.21. The number of hydrogen-bond donors (Lipinski definition) is 0. The van der Waals surface area contributed by atoms with Crippen molar-refractivity contribution in [2.45, 2.75) is 9.79 Å². The fourth-order valence-corrected chi connectivity index (χ4v) is 3.66. The van der Waals surface area contributed by atoms with Crippen molar-refractivity contribution < 1.29 is 26.0 Å². The zero-order valence-corrected chi connectivity index (χ0v) is 15.3. The summed E-state index contributed by atoms with van der Waals surface area (Å²) in [6, 6.07) is 7.37. The molecule has 124 valence electrons. The number of benzene rings is 2. The van der Waals surface area contributed by atoms with Crippen LogP contribution in [0, 0.1) is 5.82 Å². The summed E-state index contributed by atoms with van der Waals surface area (Å²) in [5.41, 5.74) is 0. The molecule has 0 heterocycles. The van der Waals surface area contributed by atoms with Crippen LogP contribution in [0.25, 0.3) is 0 Å². The lowest BCUT2D eigenvalue weighted by molar-refractivity contribution is 0.464. The van der Waals surface area contributed by atoms with E-state index in [0.29, 0.717) is 0 Å². The van der Waals surface area contributed by atoms with Crippen molar-refractivity contribution >= 4 is 35.6 Å². The molecule has 0 aliphatic heterocycles. The Bertz CT molecular complexity index is 969. The molecule has 0 saturated carbocycles. The van der Waals surface area contributed by atoms with E-state index in [9.17, 15) is 21.2 Å². The van der Waals surface area contributed by atoms with Crippen LogP contribution >= 0.6 is 15.9 Å². The maximum atomic E-state index is 13.2. The molecular formula is C14H12BrFO5S2. The van der Waals surface area contributed by atoms with Gasteiger partial charge in [0.1, 0.15) is 22.2 Å². The van der Waals surface area contributed by atoms with Crippen LogP contribution in [-0.4, -0.2) is 29.3 Å². The quantitative estimate of drug-likeness (QED) is 0.755. The first-order chi connectivity index (χ1) is 10.5. The highest BCUT2D eigenvalue weighted by molar-refractivity contribution is 9.10. The van der Waals surface area contributed by atoms with E-state index in [1.165, 1.54) is 24.3 Å². The topological polar surface area (TPSA) is 77.5 Å². The van der Waals surface area contributed by atoms with Gasteiger partial charge in [-0.25, -0.2) is 21.2 Å². The van der Waals surface area contributed by atoms with Crippen molar-refractivity contribution in [3.8, 4) is 11.5 Å². The maximum absolute atomic E-state index is 13.2. The highest BCUT2D eigenvalue weighted by Crippen LogP contribution is 2.32. The molecule has 0 amide bonds. The number of hydrogen-bond acceptors (Lipinski definition) is 5. The van der Waals surface area contributed by atoms with Gasteiger partial charge in [-0.1, -0.05) is 0 Å². The first-order valence-corrected chi connectivity index (χ1v) is 10.7. The van der Waals surface area contributed by atoms with Crippen LogP contribution in [-0.2, 0) is 19.7 Å². The van der Waals surface area contributed by atoms with E-state index < -0.39 is 25.5 Å².